The molecule has 0 fully saturated rings. The number of hydrogen-bond acceptors (Lipinski definition) is 3. The van der Waals surface area contributed by atoms with E-state index in [0.717, 1.165) is 0 Å². The van der Waals surface area contributed by atoms with Gasteiger partial charge in [-0.3, -0.25) is 9.59 Å². The van der Waals surface area contributed by atoms with E-state index in [-0.39, 0.29) is 11.5 Å². The van der Waals surface area contributed by atoms with E-state index in [1.165, 1.54) is 18.3 Å². The summed E-state index contributed by atoms with van der Waals surface area (Å²) in [7, 11) is 0. The van der Waals surface area contributed by atoms with Gasteiger partial charge in [-0.2, -0.15) is 0 Å². The number of rotatable bonds is 3. The summed E-state index contributed by atoms with van der Waals surface area (Å²) in [5, 5.41) is 2.84. The van der Waals surface area contributed by atoms with Crippen molar-refractivity contribution in [1.82, 2.24) is 9.97 Å². The number of pyridine rings is 1. The van der Waals surface area contributed by atoms with Crippen LogP contribution >= 0.6 is 11.6 Å². The molecular weight excluding hydrogens is 242 g/mol. The molecule has 0 spiro atoms. The van der Waals surface area contributed by atoms with Gasteiger partial charge >= 0.3 is 0 Å². The molecule has 0 atom stereocenters. The Morgan fingerprint density at radius 1 is 1.29 bits per heavy atom. The van der Waals surface area contributed by atoms with Crippen molar-refractivity contribution in [1.29, 1.82) is 0 Å². The highest BCUT2D eigenvalue weighted by molar-refractivity contribution is 6.46. The van der Waals surface area contributed by atoms with E-state index in [1.54, 1.807) is 18.3 Å². The second kappa shape index (κ2) is 4.80. The Labute approximate surface area is 102 Å². The lowest BCUT2D eigenvalue weighted by Crippen LogP contribution is -2.23. The minimum Gasteiger partial charge on any atom is -0.358 e. The Hall–Kier alpha value is -2.14. The third-order valence-electron chi connectivity index (χ3n) is 2.02. The highest BCUT2D eigenvalue weighted by atomic mass is 35.5. The maximum Gasteiger partial charge on any atom is 0.299 e. The lowest BCUT2D eigenvalue weighted by Gasteiger charge is -2.02. The molecule has 6 heteroatoms. The second-order valence-corrected chi connectivity index (χ2v) is 3.67. The van der Waals surface area contributed by atoms with Crippen molar-refractivity contribution in [3.05, 3.63) is 47.4 Å². The fraction of sp³-hybridized carbons (Fsp3) is 0. The van der Waals surface area contributed by atoms with Crippen molar-refractivity contribution in [2.45, 2.75) is 0 Å². The van der Waals surface area contributed by atoms with Crippen molar-refractivity contribution in [2.24, 2.45) is 0 Å². The summed E-state index contributed by atoms with van der Waals surface area (Å²) in [4.78, 5) is 29.6. The number of Topliss-reactive ketones (excluding diaryl/α,β-unsaturated/α-hetero) is 1. The molecule has 86 valence electrons. The van der Waals surface area contributed by atoms with Crippen LogP contribution in [0.1, 0.15) is 10.5 Å². The number of carbonyl (C=O) groups is 2. The minimum atomic E-state index is -0.748. The van der Waals surface area contributed by atoms with E-state index in [4.69, 9.17) is 11.6 Å². The molecule has 1 amide bonds. The molecule has 0 bridgehead atoms. The zero-order chi connectivity index (χ0) is 12.3. The number of aromatic amines is 1. The van der Waals surface area contributed by atoms with Crippen molar-refractivity contribution < 1.29 is 9.59 Å². The highest BCUT2D eigenvalue weighted by Crippen LogP contribution is 2.09. The number of nitrogens with one attached hydrogen (secondary N) is 2. The van der Waals surface area contributed by atoms with Crippen LogP contribution in [0.2, 0.25) is 5.02 Å². The number of H-pyrrole nitrogens is 1. The Morgan fingerprint density at radius 3 is 2.71 bits per heavy atom. The summed E-state index contributed by atoms with van der Waals surface area (Å²) in [5.41, 5.74) is 0.233. The van der Waals surface area contributed by atoms with Gasteiger partial charge in [0, 0.05) is 12.4 Å². The number of carbonyl (C=O) groups excluding carboxylic acids is 2. The average Bonchev–Trinajstić information content (AvgIpc) is 2.84. The fourth-order valence-corrected chi connectivity index (χ4v) is 1.33. The molecule has 0 aliphatic carbocycles. The Bertz CT molecular complexity index is 534. The predicted molar refractivity (Wildman–Crippen MR) is 63.0 cm³/mol. The SMILES string of the molecule is O=C(Nc1ccc(Cl)cn1)C(=O)c1ccc[nH]1. The van der Waals surface area contributed by atoms with Crippen molar-refractivity contribution in [3.63, 3.8) is 0 Å². The number of nitrogens with zero attached hydrogens (tertiary/aromatic N) is 1. The van der Waals surface area contributed by atoms with Gasteiger partial charge in [0.2, 0.25) is 0 Å². The maximum absolute atomic E-state index is 11.6. The van der Waals surface area contributed by atoms with Crippen molar-refractivity contribution in [3.8, 4) is 0 Å². The smallest absolute Gasteiger partial charge is 0.299 e. The van der Waals surface area contributed by atoms with Gasteiger partial charge in [-0.15, -0.1) is 0 Å². The first-order valence-electron chi connectivity index (χ1n) is 4.77. The molecule has 5 nitrogen and oxygen atoms in total. The largest absolute Gasteiger partial charge is 0.358 e. The van der Waals surface area contributed by atoms with Gasteiger partial charge in [-0.25, -0.2) is 4.98 Å². The van der Waals surface area contributed by atoms with E-state index in [1.807, 2.05) is 0 Å². The lowest BCUT2D eigenvalue weighted by molar-refractivity contribution is -0.112. The molecular formula is C11H8ClN3O2. The van der Waals surface area contributed by atoms with E-state index < -0.39 is 11.7 Å². The first-order chi connectivity index (χ1) is 8.16. The van der Waals surface area contributed by atoms with Crippen LogP contribution < -0.4 is 5.32 Å². The van der Waals surface area contributed by atoms with Crippen LogP contribution in [0.15, 0.2) is 36.7 Å². The van der Waals surface area contributed by atoms with Crippen LogP contribution in [0, 0.1) is 0 Å². The minimum absolute atomic E-state index is 0.233. The van der Waals surface area contributed by atoms with E-state index in [2.05, 4.69) is 15.3 Å². The van der Waals surface area contributed by atoms with Crippen molar-refractivity contribution in [2.75, 3.05) is 5.32 Å². The Balaban J connectivity index is 2.07. The lowest BCUT2D eigenvalue weighted by atomic mass is 10.3. The summed E-state index contributed by atoms with van der Waals surface area (Å²) in [6.45, 7) is 0. The molecule has 0 saturated carbocycles. The summed E-state index contributed by atoms with van der Waals surface area (Å²) in [6.07, 6.45) is 2.96. The zero-order valence-corrected chi connectivity index (χ0v) is 9.36. The number of halogens is 1. The quantitative estimate of drug-likeness (QED) is 0.644. The summed E-state index contributed by atoms with van der Waals surface area (Å²) in [5.74, 6) is -1.12. The monoisotopic (exact) mass is 249 g/mol. The van der Waals surface area contributed by atoms with Crippen LogP contribution in [0.25, 0.3) is 0 Å². The summed E-state index contributed by atoms with van der Waals surface area (Å²) < 4.78 is 0. The third-order valence-corrected chi connectivity index (χ3v) is 2.24. The van der Waals surface area contributed by atoms with Gasteiger partial charge in [-0.05, 0) is 24.3 Å². The second-order valence-electron chi connectivity index (χ2n) is 3.23. The van der Waals surface area contributed by atoms with Gasteiger partial charge in [0.05, 0.1) is 10.7 Å². The number of aromatic nitrogens is 2. The van der Waals surface area contributed by atoms with Crippen LogP contribution in [-0.2, 0) is 4.79 Å². The average molecular weight is 250 g/mol. The molecule has 2 aromatic rings. The Kier molecular flexibility index (Phi) is 3.20. The molecule has 2 N–H and O–H groups in total. The molecule has 17 heavy (non-hydrogen) atoms. The number of hydrogen-bond donors (Lipinski definition) is 2. The normalized spacial score (nSPS) is 9.94. The molecule has 2 aromatic heterocycles. The van der Waals surface area contributed by atoms with Gasteiger partial charge in [-0.1, -0.05) is 11.6 Å². The first-order valence-corrected chi connectivity index (χ1v) is 5.15. The van der Waals surface area contributed by atoms with E-state index in [0.29, 0.717) is 5.02 Å². The van der Waals surface area contributed by atoms with Gasteiger partial charge in [0.25, 0.3) is 11.7 Å². The molecule has 2 heterocycles. The molecule has 0 saturated heterocycles. The maximum atomic E-state index is 11.6. The van der Waals surface area contributed by atoms with E-state index in [9.17, 15) is 9.59 Å². The molecule has 0 aliphatic heterocycles. The van der Waals surface area contributed by atoms with Gasteiger partial charge < -0.3 is 10.3 Å². The highest BCUT2D eigenvalue weighted by Gasteiger charge is 2.17. The third kappa shape index (κ3) is 2.70. The standard InChI is InChI=1S/C11H8ClN3O2/c12-7-3-4-9(14-6-7)15-11(17)10(16)8-2-1-5-13-8/h1-6,13H,(H,14,15,17). The number of ketones is 1. The number of anilines is 1. The van der Waals surface area contributed by atoms with Crippen LogP contribution in [0.5, 0.6) is 0 Å². The molecule has 0 radical (unpaired) electrons. The molecule has 0 aliphatic rings. The Morgan fingerprint density at radius 2 is 2.12 bits per heavy atom. The van der Waals surface area contributed by atoms with Crippen molar-refractivity contribution >= 4 is 29.1 Å². The molecule has 2 rings (SSSR count). The van der Waals surface area contributed by atoms with Crippen LogP contribution in [-0.4, -0.2) is 21.7 Å². The van der Waals surface area contributed by atoms with Gasteiger partial charge in [0.15, 0.2) is 0 Å². The molecule has 0 aromatic carbocycles. The van der Waals surface area contributed by atoms with Gasteiger partial charge in [0.1, 0.15) is 5.82 Å². The van der Waals surface area contributed by atoms with Crippen LogP contribution in [0.3, 0.4) is 0 Å². The fourth-order valence-electron chi connectivity index (χ4n) is 1.22. The number of amides is 1. The predicted octanol–water partition coefficient (Wildman–Crippen LogP) is 1.88. The van der Waals surface area contributed by atoms with E-state index >= 15 is 0 Å². The summed E-state index contributed by atoms with van der Waals surface area (Å²) >= 11 is 5.64. The van der Waals surface area contributed by atoms with Crippen LogP contribution in [0.4, 0.5) is 5.82 Å². The molecule has 0 unspecified atom stereocenters. The zero-order valence-electron chi connectivity index (χ0n) is 8.61. The summed E-state index contributed by atoms with van der Waals surface area (Å²) in [6, 6.07) is 6.25. The topological polar surface area (TPSA) is 74.8 Å². The first kappa shape index (κ1) is 11.3.